The molecule has 35 heavy (non-hydrogen) atoms. The fourth-order valence-corrected chi connectivity index (χ4v) is 4.31. The lowest BCUT2D eigenvalue weighted by molar-refractivity contribution is -0.149. The topological polar surface area (TPSA) is 86.8 Å². The molecule has 1 atom stereocenters. The number of amides is 1. The molecule has 0 bridgehead atoms. The van der Waals surface area contributed by atoms with Gasteiger partial charge in [-0.05, 0) is 69.0 Å². The van der Waals surface area contributed by atoms with Gasteiger partial charge in [-0.3, -0.25) is 4.98 Å². The lowest BCUT2D eigenvalue weighted by Crippen LogP contribution is -2.59. The van der Waals surface area contributed by atoms with E-state index in [2.05, 4.69) is 10.3 Å². The number of aryl methyl sites for hydroxylation is 1. The lowest BCUT2D eigenvalue weighted by Gasteiger charge is -2.36. The van der Waals surface area contributed by atoms with Crippen LogP contribution in [0.4, 0.5) is 4.79 Å². The maximum Gasteiger partial charge on any atom is 0.408 e. The highest BCUT2D eigenvalue weighted by Gasteiger charge is 2.44. The van der Waals surface area contributed by atoms with Crippen LogP contribution in [0.15, 0.2) is 67.0 Å². The predicted octanol–water partition coefficient (Wildman–Crippen LogP) is 5.47. The molecule has 0 saturated heterocycles. The first-order valence-electron chi connectivity index (χ1n) is 11.6. The van der Waals surface area contributed by atoms with Crippen molar-refractivity contribution in [3.8, 4) is 22.6 Å². The number of nitrogens with one attached hydrogen (secondary N) is 1. The van der Waals surface area contributed by atoms with Gasteiger partial charge < -0.3 is 19.5 Å². The summed E-state index contributed by atoms with van der Waals surface area (Å²) in [6, 6.07) is 17.5. The van der Waals surface area contributed by atoms with E-state index in [-0.39, 0.29) is 6.42 Å². The number of alkyl carbamates (subject to hydrolysis) is 1. The average molecular weight is 475 g/mol. The molecule has 182 valence electrons. The first kappa shape index (κ1) is 24.3. The van der Waals surface area contributed by atoms with E-state index in [4.69, 9.17) is 14.2 Å². The van der Waals surface area contributed by atoms with E-state index in [1.807, 2.05) is 54.6 Å². The van der Waals surface area contributed by atoms with Gasteiger partial charge >= 0.3 is 12.1 Å². The van der Waals surface area contributed by atoms with Gasteiger partial charge in [0.05, 0.1) is 7.11 Å². The van der Waals surface area contributed by atoms with Crippen molar-refractivity contribution < 1.29 is 23.8 Å². The number of methoxy groups -OCH3 is 1. The monoisotopic (exact) mass is 474 g/mol. The molecular formula is C28H30N2O5. The Bertz CT molecular complexity index is 1220. The zero-order chi connectivity index (χ0) is 25.1. The zero-order valence-electron chi connectivity index (χ0n) is 20.5. The number of carbonyl (C=O) groups is 2. The number of hydrogen-bond acceptors (Lipinski definition) is 6. The summed E-state index contributed by atoms with van der Waals surface area (Å²) >= 11 is 0. The van der Waals surface area contributed by atoms with Crippen LogP contribution in [-0.2, 0) is 27.1 Å². The molecular weight excluding hydrogens is 444 g/mol. The van der Waals surface area contributed by atoms with Crippen LogP contribution in [0, 0.1) is 0 Å². The number of aromatic nitrogens is 1. The number of para-hydroxylation sites is 1. The SMILES string of the molecule is COC(=O)C1(NC(=O)OC(C)(C)C)CCc2ccc(Oc3ccccc3-c3cccnc3)cc2C1. The maximum absolute atomic E-state index is 12.8. The standard InChI is InChI=1S/C28H30N2O5/c1-27(2,3)35-26(32)30-28(25(31)33-4)14-13-19-11-12-22(16-21(19)17-28)34-24-10-6-5-9-23(24)20-8-7-15-29-18-20/h5-12,15-16,18H,13-14,17H2,1-4H3,(H,30,32). The third-order valence-electron chi connectivity index (χ3n) is 5.89. The van der Waals surface area contributed by atoms with Gasteiger partial charge in [-0.2, -0.15) is 0 Å². The van der Waals surface area contributed by atoms with Crippen molar-refractivity contribution in [3.05, 3.63) is 78.1 Å². The molecule has 7 nitrogen and oxygen atoms in total. The highest BCUT2D eigenvalue weighted by atomic mass is 16.6. The molecule has 0 aliphatic heterocycles. The molecule has 1 aromatic heterocycles. The number of benzene rings is 2. The van der Waals surface area contributed by atoms with Gasteiger partial charge in [-0.15, -0.1) is 0 Å². The van der Waals surface area contributed by atoms with Crippen LogP contribution < -0.4 is 10.1 Å². The van der Waals surface area contributed by atoms with Crippen molar-refractivity contribution in [2.24, 2.45) is 0 Å². The van der Waals surface area contributed by atoms with Gasteiger partial charge in [0.2, 0.25) is 0 Å². The molecule has 3 aromatic rings. The molecule has 7 heteroatoms. The Hall–Kier alpha value is -3.87. The molecule has 1 N–H and O–H groups in total. The van der Waals surface area contributed by atoms with Crippen LogP contribution in [0.2, 0.25) is 0 Å². The molecule has 0 radical (unpaired) electrons. The third-order valence-corrected chi connectivity index (χ3v) is 5.89. The molecule has 4 rings (SSSR count). The number of ether oxygens (including phenoxy) is 3. The largest absolute Gasteiger partial charge is 0.467 e. The summed E-state index contributed by atoms with van der Waals surface area (Å²) in [7, 11) is 1.32. The first-order chi connectivity index (χ1) is 16.7. The van der Waals surface area contributed by atoms with E-state index in [9.17, 15) is 9.59 Å². The predicted molar refractivity (Wildman–Crippen MR) is 132 cm³/mol. The Morgan fingerprint density at radius 2 is 1.83 bits per heavy atom. The highest BCUT2D eigenvalue weighted by Crippen LogP contribution is 2.36. The molecule has 0 spiro atoms. The molecule has 1 unspecified atom stereocenters. The smallest absolute Gasteiger partial charge is 0.408 e. The lowest BCUT2D eigenvalue weighted by atomic mass is 9.78. The van der Waals surface area contributed by atoms with Crippen molar-refractivity contribution in [1.82, 2.24) is 10.3 Å². The van der Waals surface area contributed by atoms with Crippen LogP contribution in [0.3, 0.4) is 0 Å². The van der Waals surface area contributed by atoms with Gasteiger partial charge in [0.25, 0.3) is 0 Å². The molecule has 1 aliphatic rings. The summed E-state index contributed by atoms with van der Waals surface area (Å²) < 4.78 is 16.8. The van der Waals surface area contributed by atoms with E-state index in [1.165, 1.54) is 7.11 Å². The molecule has 0 fully saturated rings. The van der Waals surface area contributed by atoms with Crippen molar-refractivity contribution in [2.45, 2.75) is 51.2 Å². The Kier molecular flexibility index (Phi) is 6.78. The van der Waals surface area contributed by atoms with E-state index in [0.29, 0.717) is 24.3 Å². The Morgan fingerprint density at radius 1 is 1.03 bits per heavy atom. The van der Waals surface area contributed by atoms with E-state index in [1.54, 1.807) is 33.2 Å². The summed E-state index contributed by atoms with van der Waals surface area (Å²) in [6.07, 6.45) is 4.17. The number of carbonyl (C=O) groups excluding carboxylic acids is 2. The zero-order valence-corrected chi connectivity index (χ0v) is 20.5. The summed E-state index contributed by atoms with van der Waals surface area (Å²) in [5, 5.41) is 2.80. The fourth-order valence-electron chi connectivity index (χ4n) is 4.31. The highest BCUT2D eigenvalue weighted by molar-refractivity contribution is 5.86. The molecule has 0 saturated carbocycles. The van der Waals surface area contributed by atoms with Crippen molar-refractivity contribution >= 4 is 12.1 Å². The summed E-state index contributed by atoms with van der Waals surface area (Å²) in [4.78, 5) is 29.6. The van der Waals surface area contributed by atoms with Crippen LogP contribution in [-0.4, -0.2) is 35.3 Å². The van der Waals surface area contributed by atoms with Gasteiger partial charge in [0, 0.05) is 29.9 Å². The van der Waals surface area contributed by atoms with E-state index in [0.717, 1.165) is 22.3 Å². The number of pyridine rings is 1. The number of nitrogens with zero attached hydrogens (tertiary/aromatic N) is 1. The quantitative estimate of drug-likeness (QED) is 0.494. The Labute approximate surface area is 205 Å². The molecule has 1 aliphatic carbocycles. The minimum absolute atomic E-state index is 0.274. The van der Waals surface area contributed by atoms with Crippen molar-refractivity contribution in [2.75, 3.05) is 7.11 Å². The summed E-state index contributed by atoms with van der Waals surface area (Å²) in [5.74, 6) is 0.836. The van der Waals surface area contributed by atoms with Crippen LogP contribution in [0.5, 0.6) is 11.5 Å². The second-order valence-corrected chi connectivity index (χ2v) is 9.65. The number of fused-ring (bicyclic) bond motifs is 1. The molecule has 2 aromatic carbocycles. The van der Waals surface area contributed by atoms with Crippen molar-refractivity contribution in [1.29, 1.82) is 0 Å². The molecule has 1 amide bonds. The molecule has 1 heterocycles. The summed E-state index contributed by atoms with van der Waals surface area (Å²) in [6.45, 7) is 5.33. The van der Waals surface area contributed by atoms with E-state index >= 15 is 0 Å². The van der Waals surface area contributed by atoms with E-state index < -0.39 is 23.2 Å². The maximum atomic E-state index is 12.8. The van der Waals surface area contributed by atoms with Crippen LogP contribution in [0.1, 0.15) is 38.3 Å². The Balaban J connectivity index is 1.61. The fraction of sp³-hybridized carbons (Fsp3) is 0.321. The number of rotatable bonds is 5. The average Bonchev–Trinajstić information content (AvgIpc) is 2.83. The van der Waals surface area contributed by atoms with Gasteiger partial charge in [0.15, 0.2) is 0 Å². The third kappa shape index (κ3) is 5.62. The van der Waals surface area contributed by atoms with Crippen LogP contribution >= 0.6 is 0 Å². The van der Waals surface area contributed by atoms with Crippen molar-refractivity contribution in [3.63, 3.8) is 0 Å². The Morgan fingerprint density at radius 3 is 2.54 bits per heavy atom. The normalized spacial score (nSPS) is 17.1. The van der Waals surface area contributed by atoms with Gasteiger partial charge in [-0.1, -0.05) is 30.3 Å². The second-order valence-electron chi connectivity index (χ2n) is 9.65. The first-order valence-corrected chi connectivity index (χ1v) is 11.6. The second kappa shape index (κ2) is 9.78. The number of esters is 1. The summed E-state index contributed by atoms with van der Waals surface area (Å²) in [5.41, 5.74) is 1.99. The number of hydrogen-bond donors (Lipinski definition) is 1. The van der Waals surface area contributed by atoms with Gasteiger partial charge in [-0.25, -0.2) is 9.59 Å². The minimum Gasteiger partial charge on any atom is -0.467 e. The van der Waals surface area contributed by atoms with Crippen LogP contribution in [0.25, 0.3) is 11.1 Å². The van der Waals surface area contributed by atoms with Gasteiger partial charge in [0.1, 0.15) is 22.6 Å². The minimum atomic E-state index is -1.21.